The molecule has 2 aromatic rings. The van der Waals surface area contributed by atoms with E-state index in [0.29, 0.717) is 0 Å². The van der Waals surface area contributed by atoms with Crippen LogP contribution in [-0.4, -0.2) is 22.2 Å². The number of nitrogens with two attached hydrogens (primary N) is 1. The lowest BCUT2D eigenvalue weighted by molar-refractivity contribution is 0.253. The average Bonchev–Trinajstić information content (AvgIpc) is 2.76. The van der Waals surface area contributed by atoms with E-state index in [4.69, 9.17) is 10.7 Å². The maximum Gasteiger partial charge on any atom is 0.0729 e. The monoisotopic (exact) mass is 399 g/mol. The fourth-order valence-electron chi connectivity index (χ4n) is 5.25. The third-order valence-electron chi connectivity index (χ3n) is 7.29. The van der Waals surface area contributed by atoms with Crippen LogP contribution in [0.3, 0.4) is 0 Å². The molecule has 4 heteroatoms. The molecule has 2 aliphatic carbocycles. The van der Waals surface area contributed by atoms with Crippen molar-refractivity contribution < 1.29 is 5.21 Å². The van der Waals surface area contributed by atoms with Gasteiger partial charge in [-0.1, -0.05) is 65.8 Å². The molecule has 0 aromatic heterocycles. The van der Waals surface area contributed by atoms with Crippen LogP contribution in [0.5, 0.6) is 0 Å². The topological polar surface area (TPSA) is 71.0 Å². The molecule has 5 rings (SSSR count). The maximum absolute atomic E-state index is 9.62. The molecule has 0 saturated heterocycles. The van der Waals surface area contributed by atoms with Gasteiger partial charge in [-0.15, -0.1) is 0 Å². The van der Waals surface area contributed by atoms with E-state index < -0.39 is 0 Å². The molecule has 154 valence electrons. The van der Waals surface area contributed by atoms with E-state index in [-0.39, 0.29) is 17.0 Å². The van der Waals surface area contributed by atoms with Crippen LogP contribution in [0.4, 0.5) is 0 Å². The minimum Gasteiger partial charge on any atom is -0.411 e. The van der Waals surface area contributed by atoms with Crippen molar-refractivity contribution in [1.29, 1.82) is 0 Å². The molecule has 3 N–H and O–H groups in total. The number of nitrogens with zero attached hydrogens (tertiary/aromatic N) is 2. The Morgan fingerprint density at radius 3 is 2.33 bits per heavy atom. The largest absolute Gasteiger partial charge is 0.411 e. The molecule has 1 aliphatic heterocycles. The first-order valence-electron chi connectivity index (χ1n) is 11.0. The van der Waals surface area contributed by atoms with Gasteiger partial charge in [0.05, 0.1) is 17.0 Å². The summed E-state index contributed by atoms with van der Waals surface area (Å²) >= 11 is 0. The Labute approximate surface area is 178 Å². The van der Waals surface area contributed by atoms with E-state index >= 15 is 0 Å². The van der Waals surface area contributed by atoms with Crippen LogP contribution in [-0.2, 0) is 5.54 Å². The summed E-state index contributed by atoms with van der Waals surface area (Å²) in [7, 11) is 0. The van der Waals surface area contributed by atoms with Gasteiger partial charge in [0, 0.05) is 22.6 Å². The highest BCUT2D eigenvalue weighted by atomic mass is 16.4. The Hall–Kier alpha value is -2.72. The highest BCUT2D eigenvalue weighted by Crippen LogP contribution is 2.43. The molecule has 0 bridgehead atoms. The molecule has 4 nitrogen and oxygen atoms in total. The lowest BCUT2D eigenvalue weighted by Crippen LogP contribution is -2.44. The first-order chi connectivity index (χ1) is 14.5. The van der Waals surface area contributed by atoms with Crippen LogP contribution in [0.2, 0.25) is 0 Å². The number of fused-ring (bicyclic) bond motifs is 1. The zero-order chi connectivity index (χ0) is 20.8. The summed E-state index contributed by atoms with van der Waals surface area (Å²) in [6.07, 6.45) is 8.41. The van der Waals surface area contributed by atoms with Crippen LogP contribution in [0.25, 0.3) is 5.57 Å². The minimum atomic E-state index is -0.283. The molecule has 2 aromatic carbocycles. The van der Waals surface area contributed by atoms with Crippen molar-refractivity contribution in [3.8, 4) is 0 Å². The van der Waals surface area contributed by atoms with Crippen molar-refractivity contribution in [1.82, 2.24) is 0 Å². The van der Waals surface area contributed by atoms with E-state index in [1.807, 2.05) is 6.07 Å². The zero-order valence-electron chi connectivity index (χ0n) is 17.5. The number of oxime groups is 1. The van der Waals surface area contributed by atoms with Gasteiger partial charge in [0.25, 0.3) is 0 Å². The minimum absolute atomic E-state index is 0.0248. The Morgan fingerprint density at radius 1 is 0.967 bits per heavy atom. The van der Waals surface area contributed by atoms with Crippen molar-refractivity contribution in [3.63, 3.8) is 0 Å². The number of aliphatic imine (C=N–C) groups is 1. The Kier molecular flexibility index (Phi) is 4.62. The molecular weight excluding hydrogens is 370 g/mol. The molecular formula is C26H29N3O. The summed E-state index contributed by atoms with van der Waals surface area (Å²) in [4.78, 5) is 5.31. The number of dihydropyridines is 1. The lowest BCUT2D eigenvalue weighted by atomic mass is 9.69. The van der Waals surface area contributed by atoms with E-state index in [1.54, 1.807) is 0 Å². The number of hydrogen-bond donors (Lipinski definition) is 2. The third kappa shape index (κ3) is 3.10. The van der Waals surface area contributed by atoms with E-state index in [2.05, 4.69) is 66.7 Å². The van der Waals surface area contributed by atoms with Gasteiger partial charge in [0.1, 0.15) is 0 Å². The SMILES string of the molecule is CC12CCC/C(=N\O)C1C=C(c1ccccc1)C(c1ccc(C3(N)CCC3)cc1)=N2. The van der Waals surface area contributed by atoms with Gasteiger partial charge in [0.15, 0.2) is 0 Å². The van der Waals surface area contributed by atoms with Crippen LogP contribution in [0, 0.1) is 5.92 Å². The average molecular weight is 400 g/mol. The maximum atomic E-state index is 9.62. The van der Waals surface area contributed by atoms with Gasteiger partial charge in [-0.25, -0.2) is 0 Å². The highest BCUT2D eigenvalue weighted by Gasteiger charge is 2.43. The van der Waals surface area contributed by atoms with Crippen LogP contribution < -0.4 is 5.73 Å². The van der Waals surface area contributed by atoms with Crippen LogP contribution >= 0.6 is 0 Å². The standard InChI is InChI=1S/C26H29N3O/c1-25-14-5-9-23(29-30)22(25)17-21(18-7-3-2-4-8-18)24(28-25)19-10-12-20(13-11-19)26(27)15-6-16-26/h2-4,7-8,10-13,17,22,30H,5-6,9,14-16,27H2,1H3/b29-23+. The number of benzene rings is 2. The Morgan fingerprint density at radius 2 is 1.70 bits per heavy atom. The summed E-state index contributed by atoms with van der Waals surface area (Å²) < 4.78 is 0. The van der Waals surface area contributed by atoms with Crippen LogP contribution in [0.15, 0.2) is 70.8 Å². The highest BCUT2D eigenvalue weighted by molar-refractivity contribution is 6.33. The molecule has 3 aliphatic rings. The zero-order valence-corrected chi connectivity index (χ0v) is 17.5. The molecule has 0 spiro atoms. The molecule has 2 fully saturated rings. The number of rotatable bonds is 3. The molecule has 2 saturated carbocycles. The van der Waals surface area contributed by atoms with Gasteiger partial charge < -0.3 is 10.9 Å². The molecule has 1 heterocycles. The van der Waals surface area contributed by atoms with Crippen molar-refractivity contribution in [2.45, 2.75) is 56.5 Å². The third-order valence-corrected chi connectivity index (χ3v) is 7.29. The van der Waals surface area contributed by atoms with Gasteiger partial charge in [0.2, 0.25) is 0 Å². The quantitative estimate of drug-likeness (QED) is 0.543. The van der Waals surface area contributed by atoms with E-state index in [0.717, 1.165) is 60.2 Å². The normalized spacial score (nSPS) is 28.9. The molecule has 2 unspecified atom stereocenters. The second-order valence-electron chi connectivity index (χ2n) is 9.27. The predicted molar refractivity (Wildman–Crippen MR) is 122 cm³/mol. The van der Waals surface area contributed by atoms with Gasteiger partial charge in [-0.2, -0.15) is 0 Å². The van der Waals surface area contributed by atoms with Gasteiger partial charge in [-0.3, -0.25) is 4.99 Å². The van der Waals surface area contributed by atoms with Crippen LogP contribution in [0.1, 0.15) is 62.1 Å². The van der Waals surface area contributed by atoms with Crippen molar-refractivity contribution in [2.75, 3.05) is 0 Å². The molecule has 0 radical (unpaired) electrons. The van der Waals surface area contributed by atoms with Crippen molar-refractivity contribution >= 4 is 17.0 Å². The Balaban J connectivity index is 1.60. The summed E-state index contributed by atoms with van der Waals surface area (Å²) in [6, 6.07) is 19.1. The summed E-state index contributed by atoms with van der Waals surface area (Å²) in [5.41, 5.74) is 12.5. The first kappa shape index (κ1) is 19.3. The van der Waals surface area contributed by atoms with Gasteiger partial charge >= 0.3 is 0 Å². The number of hydrogen-bond acceptors (Lipinski definition) is 4. The molecule has 2 atom stereocenters. The fourth-order valence-corrected chi connectivity index (χ4v) is 5.25. The smallest absolute Gasteiger partial charge is 0.0729 e. The molecule has 0 amide bonds. The fraction of sp³-hybridized carbons (Fsp3) is 0.385. The number of allylic oxidation sites excluding steroid dienone is 1. The van der Waals surface area contributed by atoms with Crippen molar-refractivity contribution in [2.24, 2.45) is 21.8 Å². The predicted octanol–water partition coefficient (Wildman–Crippen LogP) is 5.30. The van der Waals surface area contributed by atoms with Crippen molar-refractivity contribution in [3.05, 3.63) is 77.4 Å². The molecule has 30 heavy (non-hydrogen) atoms. The Bertz CT molecular complexity index is 1030. The van der Waals surface area contributed by atoms with Gasteiger partial charge in [-0.05, 0) is 56.6 Å². The summed E-state index contributed by atoms with van der Waals surface area (Å²) in [6.45, 7) is 2.19. The summed E-state index contributed by atoms with van der Waals surface area (Å²) in [5.74, 6) is 0.0248. The summed E-state index contributed by atoms with van der Waals surface area (Å²) in [5, 5.41) is 13.3. The second kappa shape index (κ2) is 7.21. The lowest BCUT2D eigenvalue weighted by Gasteiger charge is -2.41. The van der Waals surface area contributed by atoms with E-state index in [1.165, 1.54) is 12.0 Å². The first-order valence-corrected chi connectivity index (χ1v) is 11.0. The van der Waals surface area contributed by atoms with E-state index in [9.17, 15) is 5.21 Å². The second-order valence-corrected chi connectivity index (χ2v) is 9.27.